The molecule has 3 heterocycles. The lowest BCUT2D eigenvalue weighted by Crippen LogP contribution is -2.53. The van der Waals surface area contributed by atoms with Gasteiger partial charge in [-0.1, -0.05) is 0 Å². The van der Waals surface area contributed by atoms with E-state index in [0.29, 0.717) is 18.5 Å². The number of hydrogen-bond acceptors (Lipinski definition) is 4. The molecular weight excluding hydrogens is 360 g/mol. The Hall–Kier alpha value is -1.14. The zero-order valence-electron chi connectivity index (χ0n) is 13.8. The van der Waals surface area contributed by atoms with Gasteiger partial charge in [-0.15, -0.1) is 0 Å². The topological polar surface area (TPSA) is 62.7 Å². The lowest BCUT2D eigenvalue weighted by Gasteiger charge is -2.43. The van der Waals surface area contributed by atoms with E-state index < -0.39 is 11.2 Å². The van der Waals surface area contributed by atoms with Crippen LogP contribution in [-0.4, -0.2) is 38.8 Å². The normalized spacial score (nSPS) is 30.4. The van der Waals surface area contributed by atoms with Gasteiger partial charge in [-0.2, -0.15) is 0 Å². The molecule has 3 rings (SSSR count). The van der Waals surface area contributed by atoms with Crippen molar-refractivity contribution in [1.29, 1.82) is 0 Å². The fourth-order valence-corrected chi connectivity index (χ4v) is 3.93. The highest BCUT2D eigenvalue weighted by molar-refractivity contribution is 9.10. The molecule has 0 aliphatic carbocycles. The number of carbonyl (C=O) groups is 1. The fraction of sp³-hybridized carbons (Fsp3) is 0.647. The number of rotatable bonds is 1. The Kier molecular flexibility index (Phi) is 4.17. The largest absolute Gasteiger partial charge is 0.444 e. The van der Waals surface area contributed by atoms with Gasteiger partial charge in [0.15, 0.2) is 0 Å². The van der Waals surface area contributed by atoms with Crippen molar-refractivity contribution >= 4 is 22.0 Å². The molecule has 6 heteroatoms. The number of pyridine rings is 1. The predicted molar refractivity (Wildman–Crippen MR) is 90.0 cm³/mol. The van der Waals surface area contributed by atoms with Gasteiger partial charge in [0.25, 0.3) is 0 Å². The number of aromatic nitrogens is 1. The maximum atomic E-state index is 12.5. The van der Waals surface area contributed by atoms with Gasteiger partial charge in [-0.3, -0.25) is 4.98 Å². The molecule has 5 nitrogen and oxygen atoms in total. The van der Waals surface area contributed by atoms with Crippen LogP contribution in [0, 0.1) is 0 Å². The summed E-state index contributed by atoms with van der Waals surface area (Å²) in [7, 11) is 0. The highest BCUT2D eigenvalue weighted by Gasteiger charge is 2.51. The van der Waals surface area contributed by atoms with Gasteiger partial charge in [0.2, 0.25) is 0 Å². The van der Waals surface area contributed by atoms with Crippen molar-refractivity contribution in [1.82, 2.24) is 9.88 Å². The molecule has 2 atom stereocenters. The van der Waals surface area contributed by atoms with Crippen molar-refractivity contribution < 1.29 is 14.6 Å². The van der Waals surface area contributed by atoms with Crippen LogP contribution in [0.2, 0.25) is 0 Å². The standard InChI is InChI=1S/C17H23BrN2O3/c1-16(2,3)23-15(21)20-12-5-6-13(20)9-17(22,8-12)14-7-4-11(18)10-19-14/h4,7,10,12-13,22H,5-6,8-9H2,1-3H3. The van der Waals surface area contributed by atoms with E-state index in [1.807, 2.05) is 37.8 Å². The quantitative estimate of drug-likeness (QED) is 0.805. The van der Waals surface area contributed by atoms with Crippen LogP contribution in [0.3, 0.4) is 0 Å². The van der Waals surface area contributed by atoms with E-state index in [9.17, 15) is 9.90 Å². The molecule has 1 N–H and O–H groups in total. The Morgan fingerprint density at radius 3 is 2.43 bits per heavy atom. The first kappa shape index (κ1) is 16.7. The average molecular weight is 383 g/mol. The Bertz CT molecular complexity index is 583. The summed E-state index contributed by atoms with van der Waals surface area (Å²) in [5, 5.41) is 11.1. The zero-order chi connectivity index (χ0) is 16.8. The third-order valence-corrected chi connectivity index (χ3v) is 5.04. The summed E-state index contributed by atoms with van der Waals surface area (Å²) in [5.74, 6) is 0. The second-order valence-electron chi connectivity index (χ2n) is 7.57. The van der Waals surface area contributed by atoms with E-state index in [1.165, 1.54) is 0 Å². The maximum absolute atomic E-state index is 12.5. The number of hydrogen-bond donors (Lipinski definition) is 1. The molecule has 2 aliphatic rings. The Labute approximate surface area is 145 Å². The lowest BCUT2D eigenvalue weighted by atomic mass is 9.83. The van der Waals surface area contributed by atoms with Crippen LogP contribution in [0.25, 0.3) is 0 Å². The minimum absolute atomic E-state index is 0.0130. The summed E-state index contributed by atoms with van der Waals surface area (Å²) in [4.78, 5) is 18.7. The van der Waals surface area contributed by atoms with Crippen LogP contribution in [-0.2, 0) is 10.3 Å². The van der Waals surface area contributed by atoms with Crippen LogP contribution in [0.5, 0.6) is 0 Å². The second kappa shape index (κ2) is 5.74. The van der Waals surface area contributed by atoms with Crippen molar-refractivity contribution in [3.05, 3.63) is 28.5 Å². The molecule has 0 aromatic carbocycles. The summed E-state index contributed by atoms with van der Waals surface area (Å²) in [6, 6.07) is 3.77. The molecule has 126 valence electrons. The maximum Gasteiger partial charge on any atom is 0.410 e. The first-order valence-electron chi connectivity index (χ1n) is 8.04. The minimum Gasteiger partial charge on any atom is -0.444 e. The van der Waals surface area contributed by atoms with Crippen LogP contribution < -0.4 is 0 Å². The first-order chi connectivity index (χ1) is 10.7. The van der Waals surface area contributed by atoms with Gasteiger partial charge in [0, 0.05) is 35.6 Å². The number of amides is 1. The van der Waals surface area contributed by atoms with Crippen LogP contribution >= 0.6 is 15.9 Å². The summed E-state index contributed by atoms with van der Waals surface area (Å²) in [6.07, 6.45) is 4.27. The molecule has 1 aromatic rings. The molecule has 2 bridgehead atoms. The Morgan fingerprint density at radius 1 is 1.35 bits per heavy atom. The van der Waals surface area contributed by atoms with Crippen molar-refractivity contribution in [3.63, 3.8) is 0 Å². The molecule has 2 saturated heterocycles. The van der Waals surface area contributed by atoms with Crippen LogP contribution in [0.15, 0.2) is 22.8 Å². The fourth-order valence-electron chi connectivity index (χ4n) is 3.70. The smallest absolute Gasteiger partial charge is 0.410 e. The van der Waals surface area contributed by atoms with Gasteiger partial charge in [0.1, 0.15) is 11.2 Å². The number of fused-ring (bicyclic) bond motifs is 2. The second-order valence-corrected chi connectivity index (χ2v) is 8.49. The molecule has 2 fully saturated rings. The molecule has 2 unspecified atom stereocenters. The molecule has 23 heavy (non-hydrogen) atoms. The molecule has 1 aromatic heterocycles. The SMILES string of the molecule is CC(C)(C)OC(=O)N1C2CCC1CC(O)(c1ccc(Br)cn1)C2. The van der Waals surface area contributed by atoms with Gasteiger partial charge >= 0.3 is 6.09 Å². The summed E-state index contributed by atoms with van der Waals surface area (Å²) < 4.78 is 6.42. The van der Waals surface area contributed by atoms with Crippen molar-refractivity contribution in [3.8, 4) is 0 Å². The lowest BCUT2D eigenvalue weighted by molar-refractivity contribution is -0.0647. The van der Waals surface area contributed by atoms with E-state index >= 15 is 0 Å². The number of nitrogens with zero attached hydrogens (tertiary/aromatic N) is 2. The highest BCUT2D eigenvalue weighted by atomic mass is 79.9. The van der Waals surface area contributed by atoms with Crippen molar-refractivity contribution in [2.24, 2.45) is 0 Å². The Balaban J connectivity index is 1.79. The van der Waals surface area contributed by atoms with Gasteiger partial charge < -0.3 is 14.7 Å². The minimum atomic E-state index is -0.967. The zero-order valence-corrected chi connectivity index (χ0v) is 15.3. The molecule has 0 saturated carbocycles. The summed E-state index contributed by atoms with van der Waals surface area (Å²) in [5.41, 5.74) is -0.788. The number of carbonyl (C=O) groups excluding carboxylic acids is 1. The number of halogens is 1. The van der Waals surface area contributed by atoms with Crippen LogP contribution in [0.4, 0.5) is 4.79 Å². The van der Waals surface area contributed by atoms with E-state index in [0.717, 1.165) is 17.3 Å². The number of ether oxygens (including phenoxy) is 1. The highest BCUT2D eigenvalue weighted by Crippen LogP contribution is 2.45. The van der Waals surface area contributed by atoms with E-state index in [4.69, 9.17) is 4.74 Å². The van der Waals surface area contributed by atoms with E-state index in [1.54, 1.807) is 6.20 Å². The third kappa shape index (κ3) is 3.38. The van der Waals surface area contributed by atoms with Gasteiger partial charge in [0.05, 0.1) is 5.69 Å². The van der Waals surface area contributed by atoms with Gasteiger partial charge in [-0.25, -0.2) is 4.79 Å². The van der Waals surface area contributed by atoms with Crippen LogP contribution in [0.1, 0.15) is 52.1 Å². The van der Waals surface area contributed by atoms with Crippen molar-refractivity contribution in [2.75, 3.05) is 0 Å². The molecule has 0 radical (unpaired) electrons. The van der Waals surface area contributed by atoms with Gasteiger partial charge in [-0.05, 0) is 61.7 Å². The number of aliphatic hydroxyl groups is 1. The predicted octanol–water partition coefficient (Wildman–Crippen LogP) is 3.59. The number of piperidine rings is 1. The summed E-state index contributed by atoms with van der Waals surface area (Å²) >= 11 is 3.37. The monoisotopic (exact) mass is 382 g/mol. The van der Waals surface area contributed by atoms with Crippen molar-refractivity contribution in [2.45, 2.75) is 69.7 Å². The Morgan fingerprint density at radius 2 is 1.96 bits per heavy atom. The average Bonchev–Trinajstić information content (AvgIpc) is 2.71. The molecular formula is C17H23BrN2O3. The summed E-state index contributed by atoms with van der Waals surface area (Å²) in [6.45, 7) is 5.62. The first-order valence-corrected chi connectivity index (χ1v) is 8.83. The third-order valence-electron chi connectivity index (χ3n) is 4.58. The molecule has 1 amide bonds. The molecule has 0 spiro atoms. The van der Waals surface area contributed by atoms with E-state index in [-0.39, 0.29) is 18.2 Å². The van der Waals surface area contributed by atoms with E-state index in [2.05, 4.69) is 20.9 Å². The molecule has 2 aliphatic heterocycles.